The average Bonchev–Trinajstić information content (AvgIpc) is 2.78. The van der Waals surface area contributed by atoms with Crippen molar-refractivity contribution in [3.05, 3.63) is 17.0 Å². The summed E-state index contributed by atoms with van der Waals surface area (Å²) in [4.78, 5) is 9.16. The maximum absolute atomic E-state index is 9.52. The van der Waals surface area contributed by atoms with E-state index in [1.807, 2.05) is 13.8 Å². The predicted octanol–water partition coefficient (Wildman–Crippen LogP) is 3.31. The third kappa shape index (κ3) is 3.75. The van der Waals surface area contributed by atoms with Crippen molar-refractivity contribution in [1.29, 1.82) is 5.26 Å². The second kappa shape index (κ2) is 6.33. The van der Waals surface area contributed by atoms with E-state index in [9.17, 15) is 5.26 Å². The van der Waals surface area contributed by atoms with E-state index in [2.05, 4.69) is 42.1 Å². The van der Waals surface area contributed by atoms with Crippen molar-refractivity contribution in [3.63, 3.8) is 0 Å². The fourth-order valence-electron chi connectivity index (χ4n) is 2.86. The summed E-state index contributed by atoms with van der Waals surface area (Å²) >= 11 is 1.72. The Bertz CT molecular complexity index is 541. The molecule has 5 heteroatoms. The maximum atomic E-state index is 9.52. The number of nitriles is 1. The van der Waals surface area contributed by atoms with E-state index in [-0.39, 0.29) is 5.54 Å². The van der Waals surface area contributed by atoms with Gasteiger partial charge in [-0.05, 0) is 59.4 Å². The summed E-state index contributed by atoms with van der Waals surface area (Å²) in [6.07, 6.45) is 2.80. The van der Waals surface area contributed by atoms with Gasteiger partial charge in [-0.25, -0.2) is 9.97 Å². The van der Waals surface area contributed by atoms with E-state index in [1.54, 1.807) is 11.8 Å². The highest BCUT2D eigenvalue weighted by Crippen LogP contribution is 2.39. The molecular weight excluding hydrogens is 280 g/mol. The molecule has 1 heterocycles. The molecule has 1 aromatic heterocycles. The first kappa shape index (κ1) is 16.3. The molecule has 0 saturated heterocycles. The van der Waals surface area contributed by atoms with Crippen LogP contribution in [0.2, 0.25) is 0 Å². The molecule has 114 valence electrons. The van der Waals surface area contributed by atoms with E-state index in [0.29, 0.717) is 11.3 Å². The molecule has 0 radical (unpaired) electrons. The maximum Gasteiger partial charge on any atom is 0.188 e. The second-order valence-corrected chi connectivity index (χ2v) is 7.55. The molecule has 0 spiro atoms. The van der Waals surface area contributed by atoms with Gasteiger partial charge in [0.15, 0.2) is 5.16 Å². The molecule has 0 aromatic carbocycles. The Morgan fingerprint density at radius 1 is 1.29 bits per heavy atom. The molecule has 21 heavy (non-hydrogen) atoms. The number of nitrogens with one attached hydrogen (secondary N) is 1. The Hall–Kier alpha value is -1.12. The van der Waals surface area contributed by atoms with E-state index >= 15 is 0 Å². The lowest BCUT2D eigenvalue weighted by atomic mass is 9.99. The zero-order valence-corrected chi connectivity index (χ0v) is 14.3. The molecule has 1 aromatic rings. The Morgan fingerprint density at radius 3 is 2.43 bits per heavy atom. The zero-order valence-electron chi connectivity index (χ0n) is 13.5. The molecule has 4 nitrogen and oxygen atoms in total. The Kier molecular flexibility index (Phi) is 4.90. The van der Waals surface area contributed by atoms with Gasteiger partial charge in [0.25, 0.3) is 0 Å². The predicted molar refractivity (Wildman–Crippen MR) is 86.4 cm³/mol. The monoisotopic (exact) mass is 304 g/mol. The topological polar surface area (TPSA) is 61.6 Å². The molecule has 2 atom stereocenters. The van der Waals surface area contributed by atoms with E-state index in [4.69, 9.17) is 0 Å². The van der Waals surface area contributed by atoms with Crippen LogP contribution < -0.4 is 5.32 Å². The van der Waals surface area contributed by atoms with Crippen LogP contribution in [-0.4, -0.2) is 26.8 Å². The lowest BCUT2D eigenvalue weighted by Crippen LogP contribution is -2.45. The van der Waals surface area contributed by atoms with Crippen molar-refractivity contribution in [2.45, 2.75) is 75.9 Å². The first-order valence-corrected chi connectivity index (χ1v) is 8.40. The minimum absolute atomic E-state index is 0.327. The summed E-state index contributed by atoms with van der Waals surface area (Å²) in [5.41, 5.74) is 2.89. The molecule has 1 fully saturated rings. The van der Waals surface area contributed by atoms with Crippen molar-refractivity contribution in [1.82, 2.24) is 15.3 Å². The summed E-state index contributed by atoms with van der Waals surface area (Å²) in [6, 6.07) is 2.82. The summed E-state index contributed by atoms with van der Waals surface area (Å²) in [5, 5.41) is 14.2. The Morgan fingerprint density at radius 2 is 1.90 bits per heavy atom. The van der Waals surface area contributed by atoms with E-state index in [0.717, 1.165) is 35.8 Å². The standard InChI is InChI=1S/C16H24N4S/c1-10(2)20-16(9-17)7-6-14(8-16)21-15-18-12(4)11(3)13(5)19-15/h10,14,20H,6-8H2,1-5H3. The fourth-order valence-corrected chi connectivity index (χ4v) is 4.14. The van der Waals surface area contributed by atoms with Crippen LogP contribution in [0.1, 0.15) is 50.1 Å². The number of nitrogens with zero attached hydrogens (tertiary/aromatic N) is 3. The Balaban J connectivity index is 2.08. The van der Waals surface area contributed by atoms with Crippen molar-refractivity contribution in [3.8, 4) is 6.07 Å². The molecule has 2 unspecified atom stereocenters. The summed E-state index contributed by atoms with van der Waals surface area (Å²) in [5.74, 6) is 0. The molecule has 1 aliphatic rings. The van der Waals surface area contributed by atoms with Crippen molar-refractivity contribution >= 4 is 11.8 Å². The molecule has 1 aliphatic carbocycles. The van der Waals surface area contributed by atoms with E-state index in [1.165, 1.54) is 5.56 Å². The third-order valence-corrected chi connectivity index (χ3v) is 5.26. The van der Waals surface area contributed by atoms with Crippen molar-refractivity contribution < 1.29 is 0 Å². The van der Waals surface area contributed by atoms with Gasteiger partial charge in [0, 0.05) is 22.7 Å². The number of aromatic nitrogens is 2. The summed E-state index contributed by atoms with van der Waals surface area (Å²) in [6.45, 7) is 10.3. The van der Waals surface area contributed by atoms with Gasteiger partial charge in [-0.1, -0.05) is 11.8 Å². The van der Waals surface area contributed by atoms with Crippen LogP contribution in [0, 0.1) is 32.1 Å². The number of hydrogen-bond acceptors (Lipinski definition) is 5. The smallest absolute Gasteiger partial charge is 0.188 e. The molecule has 0 aliphatic heterocycles. The van der Waals surface area contributed by atoms with Gasteiger partial charge < -0.3 is 0 Å². The molecule has 0 bridgehead atoms. The van der Waals surface area contributed by atoms with Gasteiger partial charge in [-0.3, -0.25) is 5.32 Å². The molecule has 1 saturated carbocycles. The number of rotatable bonds is 4. The van der Waals surface area contributed by atoms with Gasteiger partial charge in [0.2, 0.25) is 0 Å². The summed E-state index contributed by atoms with van der Waals surface area (Å²) in [7, 11) is 0. The third-order valence-electron chi connectivity index (χ3n) is 4.13. The van der Waals surface area contributed by atoms with Gasteiger partial charge >= 0.3 is 0 Å². The van der Waals surface area contributed by atoms with Gasteiger partial charge in [0.05, 0.1) is 6.07 Å². The lowest BCUT2D eigenvalue weighted by Gasteiger charge is -2.25. The first-order valence-electron chi connectivity index (χ1n) is 7.52. The Labute approximate surface area is 131 Å². The van der Waals surface area contributed by atoms with Crippen molar-refractivity contribution in [2.24, 2.45) is 0 Å². The van der Waals surface area contributed by atoms with Crippen LogP contribution in [0.3, 0.4) is 0 Å². The highest BCUT2D eigenvalue weighted by Gasteiger charge is 2.40. The van der Waals surface area contributed by atoms with Crippen LogP contribution in [0.25, 0.3) is 0 Å². The van der Waals surface area contributed by atoms with Gasteiger partial charge in [-0.2, -0.15) is 5.26 Å². The average molecular weight is 304 g/mol. The highest BCUT2D eigenvalue weighted by molar-refractivity contribution is 7.99. The van der Waals surface area contributed by atoms with Crippen molar-refractivity contribution in [2.75, 3.05) is 0 Å². The van der Waals surface area contributed by atoms with Crippen LogP contribution in [0.15, 0.2) is 5.16 Å². The normalized spacial score (nSPS) is 25.3. The minimum atomic E-state index is -0.374. The van der Waals surface area contributed by atoms with Gasteiger partial charge in [-0.15, -0.1) is 0 Å². The first-order chi connectivity index (χ1) is 9.85. The van der Waals surface area contributed by atoms with Crippen LogP contribution in [-0.2, 0) is 0 Å². The van der Waals surface area contributed by atoms with Crippen LogP contribution in [0.4, 0.5) is 0 Å². The highest BCUT2D eigenvalue weighted by atomic mass is 32.2. The number of aryl methyl sites for hydroxylation is 2. The zero-order chi connectivity index (χ0) is 15.6. The number of hydrogen-bond donors (Lipinski definition) is 1. The number of thioether (sulfide) groups is 1. The summed E-state index contributed by atoms with van der Waals surface area (Å²) < 4.78 is 0. The molecule has 0 amide bonds. The fraction of sp³-hybridized carbons (Fsp3) is 0.688. The SMILES string of the molecule is Cc1nc(SC2CCC(C#N)(NC(C)C)C2)nc(C)c1C. The van der Waals surface area contributed by atoms with Crippen LogP contribution >= 0.6 is 11.8 Å². The van der Waals surface area contributed by atoms with E-state index < -0.39 is 0 Å². The molecular formula is C16H24N4S. The quantitative estimate of drug-likeness (QED) is 0.865. The minimum Gasteiger partial charge on any atom is -0.297 e. The van der Waals surface area contributed by atoms with Crippen LogP contribution in [0.5, 0.6) is 0 Å². The molecule has 1 N–H and O–H groups in total. The second-order valence-electron chi connectivity index (χ2n) is 6.28. The lowest BCUT2D eigenvalue weighted by molar-refractivity contribution is 0.386. The molecule has 2 rings (SSSR count). The van der Waals surface area contributed by atoms with Gasteiger partial charge in [0.1, 0.15) is 5.54 Å². The largest absolute Gasteiger partial charge is 0.297 e.